The molecule has 0 aromatic heterocycles. The van der Waals surface area contributed by atoms with E-state index in [-0.39, 0.29) is 6.15 Å². The lowest BCUT2D eigenvalue weighted by atomic mass is 9.54. The van der Waals surface area contributed by atoms with Gasteiger partial charge in [-0.1, -0.05) is 6.92 Å². The third-order valence-electron chi connectivity index (χ3n) is 4.59. The highest BCUT2D eigenvalue weighted by atomic mass is 16.5. The molecule has 4 aliphatic carbocycles. The van der Waals surface area contributed by atoms with Crippen LogP contribution in [0.3, 0.4) is 0 Å². The van der Waals surface area contributed by atoms with Gasteiger partial charge in [0.05, 0.1) is 5.60 Å². The molecule has 0 aromatic carbocycles. The normalized spacial score (nSPS) is 46.6. The maximum Gasteiger partial charge on any atom is 0.0690 e. The van der Waals surface area contributed by atoms with Crippen LogP contribution >= 0.6 is 0 Å². The van der Waals surface area contributed by atoms with Crippen molar-refractivity contribution in [1.29, 1.82) is 0 Å². The summed E-state index contributed by atoms with van der Waals surface area (Å²) in [5.41, 5.74) is 0.352. The van der Waals surface area contributed by atoms with Gasteiger partial charge in [0, 0.05) is 6.61 Å². The van der Waals surface area contributed by atoms with E-state index in [1.165, 1.54) is 44.9 Å². The first-order valence-electron chi connectivity index (χ1n) is 6.43. The lowest BCUT2D eigenvalue weighted by Crippen LogP contribution is -2.52. The van der Waals surface area contributed by atoms with Gasteiger partial charge in [0.15, 0.2) is 0 Å². The molecule has 0 radical (unpaired) electrons. The molecule has 4 aliphatic rings. The van der Waals surface area contributed by atoms with Gasteiger partial charge in [-0.25, -0.2) is 0 Å². The Hall–Kier alpha value is -0.0800. The minimum Gasteiger partial charge on any atom is -0.375 e. The van der Waals surface area contributed by atoms with Crippen molar-refractivity contribution in [3.8, 4) is 0 Å². The Morgan fingerprint density at radius 3 is 1.87 bits per heavy atom. The molecule has 3 N–H and O–H groups in total. The molecule has 0 spiro atoms. The monoisotopic (exact) mass is 211 g/mol. The van der Waals surface area contributed by atoms with Gasteiger partial charge in [0.1, 0.15) is 0 Å². The molecule has 4 rings (SSSR count). The predicted molar refractivity (Wildman–Crippen MR) is 62.2 cm³/mol. The first-order chi connectivity index (χ1) is 6.80. The summed E-state index contributed by atoms with van der Waals surface area (Å²) in [6.45, 7) is 3.21. The van der Waals surface area contributed by atoms with Gasteiger partial charge in [0.25, 0.3) is 0 Å². The van der Waals surface area contributed by atoms with E-state index >= 15 is 0 Å². The molecule has 15 heavy (non-hydrogen) atoms. The molecule has 0 saturated heterocycles. The van der Waals surface area contributed by atoms with Gasteiger partial charge in [-0.2, -0.15) is 0 Å². The van der Waals surface area contributed by atoms with E-state index in [0.717, 1.165) is 24.4 Å². The summed E-state index contributed by atoms with van der Waals surface area (Å²) in [5.74, 6) is 3.08. The molecule has 0 aromatic rings. The van der Waals surface area contributed by atoms with E-state index < -0.39 is 0 Å². The zero-order valence-corrected chi connectivity index (χ0v) is 10.0. The second-order valence-corrected chi connectivity index (χ2v) is 5.95. The van der Waals surface area contributed by atoms with Crippen LogP contribution in [-0.2, 0) is 4.74 Å². The van der Waals surface area contributed by atoms with Crippen LogP contribution in [0, 0.1) is 17.8 Å². The van der Waals surface area contributed by atoms with E-state index in [1.807, 2.05) is 0 Å². The highest BCUT2D eigenvalue weighted by molar-refractivity contribution is 5.02. The van der Waals surface area contributed by atoms with E-state index in [1.54, 1.807) is 0 Å². The van der Waals surface area contributed by atoms with Crippen molar-refractivity contribution in [2.45, 2.75) is 57.5 Å². The van der Waals surface area contributed by atoms with Crippen LogP contribution in [0.5, 0.6) is 0 Å². The second-order valence-electron chi connectivity index (χ2n) is 5.95. The van der Waals surface area contributed by atoms with Gasteiger partial charge in [-0.05, 0) is 62.7 Å². The van der Waals surface area contributed by atoms with Crippen LogP contribution in [0.1, 0.15) is 51.9 Å². The number of ether oxygens (including phenoxy) is 1. The molecule has 4 saturated carbocycles. The molecule has 0 atom stereocenters. The van der Waals surface area contributed by atoms with Gasteiger partial charge in [0.2, 0.25) is 0 Å². The third kappa shape index (κ3) is 1.94. The Morgan fingerprint density at radius 1 is 1.00 bits per heavy atom. The average molecular weight is 211 g/mol. The van der Waals surface area contributed by atoms with Gasteiger partial charge in [-0.3, -0.25) is 0 Å². The predicted octanol–water partition coefficient (Wildman–Crippen LogP) is 3.54. The van der Waals surface area contributed by atoms with Crippen molar-refractivity contribution in [3.63, 3.8) is 0 Å². The molecule has 88 valence electrons. The Balaban J connectivity index is 0.000000853. The first-order valence-corrected chi connectivity index (χ1v) is 6.43. The first kappa shape index (κ1) is 11.4. The minimum absolute atomic E-state index is 0. The fourth-order valence-electron chi connectivity index (χ4n) is 4.53. The van der Waals surface area contributed by atoms with Crippen LogP contribution in [-0.4, -0.2) is 12.2 Å². The van der Waals surface area contributed by atoms with Crippen LogP contribution in [0.4, 0.5) is 0 Å². The van der Waals surface area contributed by atoms with Gasteiger partial charge >= 0.3 is 0 Å². The zero-order chi connectivity index (χ0) is 9.60. The molecule has 4 fully saturated rings. The topological polar surface area (TPSA) is 44.2 Å². The molecule has 0 unspecified atom stereocenters. The molecular weight excluding hydrogens is 186 g/mol. The van der Waals surface area contributed by atoms with Gasteiger partial charge in [-0.15, -0.1) is 0 Å². The number of hydrogen-bond acceptors (Lipinski definition) is 2. The lowest BCUT2D eigenvalue weighted by Gasteiger charge is -2.56. The number of rotatable bonds is 3. The molecular formula is C13H25NO. The quantitative estimate of drug-likeness (QED) is 0.776. The highest BCUT2D eigenvalue weighted by Crippen LogP contribution is 2.57. The van der Waals surface area contributed by atoms with Crippen molar-refractivity contribution >= 4 is 0 Å². The van der Waals surface area contributed by atoms with E-state index in [0.29, 0.717) is 5.60 Å². The summed E-state index contributed by atoms with van der Waals surface area (Å²) in [6.07, 6.45) is 9.91. The molecule has 0 aliphatic heterocycles. The van der Waals surface area contributed by atoms with Crippen LogP contribution in [0.2, 0.25) is 0 Å². The lowest BCUT2D eigenvalue weighted by molar-refractivity contribution is -0.162. The number of hydrogen-bond donors (Lipinski definition) is 1. The summed E-state index contributed by atoms with van der Waals surface area (Å²) in [7, 11) is 0. The van der Waals surface area contributed by atoms with E-state index in [4.69, 9.17) is 4.74 Å². The van der Waals surface area contributed by atoms with Crippen LogP contribution in [0.25, 0.3) is 0 Å². The highest BCUT2D eigenvalue weighted by Gasteiger charge is 2.51. The minimum atomic E-state index is 0. The molecule has 0 amide bonds. The van der Waals surface area contributed by atoms with Crippen LogP contribution < -0.4 is 6.15 Å². The summed E-state index contributed by atoms with van der Waals surface area (Å²) < 4.78 is 6.19. The van der Waals surface area contributed by atoms with Gasteiger partial charge < -0.3 is 10.9 Å². The van der Waals surface area contributed by atoms with Crippen molar-refractivity contribution in [2.75, 3.05) is 6.61 Å². The summed E-state index contributed by atoms with van der Waals surface area (Å²) in [6, 6.07) is 0. The molecule has 2 heteroatoms. The van der Waals surface area contributed by atoms with Crippen molar-refractivity contribution in [3.05, 3.63) is 0 Å². The third-order valence-corrected chi connectivity index (χ3v) is 4.59. The fraction of sp³-hybridized carbons (Fsp3) is 1.00. The Labute approximate surface area is 93.4 Å². The maximum atomic E-state index is 6.19. The molecule has 4 bridgehead atoms. The maximum absolute atomic E-state index is 6.19. The van der Waals surface area contributed by atoms with Crippen molar-refractivity contribution < 1.29 is 4.74 Å². The van der Waals surface area contributed by atoms with E-state index in [9.17, 15) is 0 Å². The summed E-state index contributed by atoms with van der Waals surface area (Å²) in [5, 5.41) is 0. The van der Waals surface area contributed by atoms with Crippen molar-refractivity contribution in [2.24, 2.45) is 17.8 Å². The summed E-state index contributed by atoms with van der Waals surface area (Å²) in [4.78, 5) is 0. The van der Waals surface area contributed by atoms with Crippen molar-refractivity contribution in [1.82, 2.24) is 6.15 Å². The Kier molecular flexibility index (Phi) is 3.09. The smallest absolute Gasteiger partial charge is 0.0690 e. The summed E-state index contributed by atoms with van der Waals surface area (Å²) >= 11 is 0. The standard InChI is InChI=1S/C13H22O.H3N/c1-2-3-14-13-7-10-4-11(8-13)6-12(5-10)9-13;/h10-12H,2-9H2,1H3;1H3. The molecule has 0 heterocycles. The SMILES string of the molecule is CCCOC12CC3CC(CC(C3)C1)C2.N. The average Bonchev–Trinajstić information content (AvgIpc) is 2.12. The van der Waals surface area contributed by atoms with E-state index in [2.05, 4.69) is 6.92 Å². The Morgan fingerprint density at radius 2 is 1.47 bits per heavy atom. The Bertz CT molecular complexity index is 191. The largest absolute Gasteiger partial charge is 0.375 e. The van der Waals surface area contributed by atoms with Crippen LogP contribution in [0.15, 0.2) is 0 Å². The molecule has 2 nitrogen and oxygen atoms in total. The second kappa shape index (κ2) is 4.06. The zero-order valence-electron chi connectivity index (χ0n) is 10.0. The fourth-order valence-corrected chi connectivity index (χ4v) is 4.53.